The van der Waals surface area contributed by atoms with Gasteiger partial charge in [-0.2, -0.15) is 0 Å². The van der Waals surface area contributed by atoms with E-state index in [1.165, 1.54) is 11.8 Å². The first-order valence-corrected chi connectivity index (χ1v) is 7.70. The number of amides is 1. The summed E-state index contributed by atoms with van der Waals surface area (Å²) >= 11 is 0. The molecular formula is C14H24IN7O3. The number of halogens is 1. The molecule has 0 bridgehead atoms. The van der Waals surface area contributed by atoms with Crippen LogP contribution in [0.2, 0.25) is 0 Å². The van der Waals surface area contributed by atoms with Gasteiger partial charge in [-0.25, -0.2) is 4.68 Å². The molecule has 0 unspecified atom stereocenters. The summed E-state index contributed by atoms with van der Waals surface area (Å²) in [4.78, 5) is 30.8. The van der Waals surface area contributed by atoms with Gasteiger partial charge in [0.25, 0.3) is 0 Å². The Balaban J connectivity index is 0.00000312. The Labute approximate surface area is 163 Å². The van der Waals surface area contributed by atoms with Gasteiger partial charge < -0.3 is 19.9 Å². The SMILES string of the molecule is CN=C(NCc1cn(CC(=O)OC)nn1)N1CCN(C(C)=O)CC1.I. The number of nitrogens with zero attached hydrogens (tertiary/aromatic N) is 6. The number of methoxy groups -OCH3 is 1. The Morgan fingerprint density at radius 2 is 1.92 bits per heavy atom. The maximum atomic E-state index is 11.4. The number of rotatable bonds is 4. The van der Waals surface area contributed by atoms with E-state index in [1.807, 2.05) is 4.90 Å². The van der Waals surface area contributed by atoms with Gasteiger partial charge in [-0.1, -0.05) is 5.21 Å². The van der Waals surface area contributed by atoms with Gasteiger partial charge in [0.05, 0.1) is 19.9 Å². The fourth-order valence-corrected chi connectivity index (χ4v) is 2.43. The number of carbonyl (C=O) groups is 2. The predicted octanol–water partition coefficient (Wildman–Crippen LogP) is -0.691. The van der Waals surface area contributed by atoms with Gasteiger partial charge >= 0.3 is 5.97 Å². The summed E-state index contributed by atoms with van der Waals surface area (Å²) in [5, 5.41) is 11.1. The second kappa shape index (κ2) is 10.2. The lowest BCUT2D eigenvalue weighted by Crippen LogP contribution is -2.53. The van der Waals surface area contributed by atoms with E-state index in [-0.39, 0.29) is 42.4 Å². The van der Waals surface area contributed by atoms with E-state index in [1.54, 1.807) is 20.2 Å². The first-order valence-electron chi connectivity index (χ1n) is 7.70. The van der Waals surface area contributed by atoms with Gasteiger partial charge in [0.1, 0.15) is 12.2 Å². The zero-order valence-electron chi connectivity index (χ0n) is 14.6. The Kier molecular flexibility index (Phi) is 8.58. The second-order valence-corrected chi connectivity index (χ2v) is 5.38. The molecule has 2 heterocycles. The van der Waals surface area contributed by atoms with Crippen molar-refractivity contribution in [1.82, 2.24) is 30.1 Å². The molecule has 25 heavy (non-hydrogen) atoms. The van der Waals surface area contributed by atoms with Crippen LogP contribution >= 0.6 is 24.0 Å². The highest BCUT2D eigenvalue weighted by atomic mass is 127. The van der Waals surface area contributed by atoms with Crippen LogP contribution in [0.1, 0.15) is 12.6 Å². The molecule has 140 valence electrons. The zero-order chi connectivity index (χ0) is 17.5. The van der Waals surface area contributed by atoms with E-state index in [9.17, 15) is 9.59 Å². The third-order valence-corrected chi connectivity index (χ3v) is 3.77. The maximum Gasteiger partial charge on any atom is 0.327 e. The molecule has 0 atom stereocenters. The van der Waals surface area contributed by atoms with Crippen LogP contribution in [0.4, 0.5) is 0 Å². The number of hydrogen-bond acceptors (Lipinski definition) is 6. The van der Waals surface area contributed by atoms with Crippen LogP contribution in [0.15, 0.2) is 11.2 Å². The van der Waals surface area contributed by atoms with Crippen molar-refractivity contribution in [3.63, 3.8) is 0 Å². The molecule has 1 amide bonds. The average molecular weight is 465 g/mol. The molecule has 1 aromatic rings. The highest BCUT2D eigenvalue weighted by Crippen LogP contribution is 2.03. The molecule has 1 fully saturated rings. The number of ether oxygens (including phenoxy) is 1. The number of aliphatic imine (C=N–C) groups is 1. The first-order chi connectivity index (χ1) is 11.5. The van der Waals surface area contributed by atoms with E-state index in [2.05, 4.69) is 30.3 Å². The molecule has 1 N–H and O–H groups in total. The third kappa shape index (κ3) is 6.14. The van der Waals surface area contributed by atoms with Gasteiger partial charge in [-0.3, -0.25) is 14.6 Å². The summed E-state index contributed by atoms with van der Waals surface area (Å²) in [5.41, 5.74) is 0.697. The van der Waals surface area contributed by atoms with Gasteiger partial charge in [-0.05, 0) is 0 Å². The van der Waals surface area contributed by atoms with Crippen molar-refractivity contribution in [3.8, 4) is 0 Å². The molecule has 2 rings (SSSR count). The number of piperazine rings is 1. The van der Waals surface area contributed by atoms with Crippen LogP contribution in [0, 0.1) is 0 Å². The molecule has 1 aliphatic rings. The Bertz CT molecular complexity index is 611. The van der Waals surface area contributed by atoms with Gasteiger partial charge in [0.2, 0.25) is 5.91 Å². The van der Waals surface area contributed by atoms with Crippen molar-refractivity contribution in [1.29, 1.82) is 0 Å². The van der Waals surface area contributed by atoms with Crippen LogP contribution in [0.3, 0.4) is 0 Å². The molecule has 0 spiro atoms. The van der Waals surface area contributed by atoms with Crippen LogP contribution < -0.4 is 5.32 Å². The monoisotopic (exact) mass is 465 g/mol. The van der Waals surface area contributed by atoms with Crippen molar-refractivity contribution >= 4 is 41.8 Å². The van der Waals surface area contributed by atoms with Crippen molar-refractivity contribution < 1.29 is 14.3 Å². The molecule has 10 nitrogen and oxygen atoms in total. The number of nitrogens with one attached hydrogen (secondary N) is 1. The van der Waals surface area contributed by atoms with E-state index in [4.69, 9.17) is 0 Å². The number of guanidine groups is 1. The van der Waals surface area contributed by atoms with Crippen molar-refractivity contribution in [3.05, 3.63) is 11.9 Å². The molecule has 1 aromatic heterocycles. The Hall–Kier alpha value is -1.92. The zero-order valence-corrected chi connectivity index (χ0v) is 17.0. The van der Waals surface area contributed by atoms with Crippen LogP contribution in [-0.2, 0) is 27.4 Å². The molecule has 0 saturated carbocycles. The molecule has 1 saturated heterocycles. The lowest BCUT2D eigenvalue weighted by Gasteiger charge is -2.36. The van der Waals surface area contributed by atoms with Crippen LogP contribution in [0.5, 0.6) is 0 Å². The largest absolute Gasteiger partial charge is 0.468 e. The minimum absolute atomic E-state index is 0. The number of hydrogen-bond donors (Lipinski definition) is 1. The van der Waals surface area contributed by atoms with Crippen molar-refractivity contribution in [2.75, 3.05) is 40.3 Å². The normalized spacial score (nSPS) is 14.8. The molecule has 11 heteroatoms. The topological polar surface area (TPSA) is 105 Å². The second-order valence-electron chi connectivity index (χ2n) is 5.38. The Morgan fingerprint density at radius 1 is 1.28 bits per heavy atom. The number of esters is 1. The van der Waals surface area contributed by atoms with Crippen molar-refractivity contribution in [2.45, 2.75) is 20.0 Å². The summed E-state index contributed by atoms with van der Waals surface area (Å²) in [6, 6.07) is 0. The molecular weight excluding hydrogens is 441 g/mol. The van der Waals surface area contributed by atoms with E-state index in [0.717, 1.165) is 19.0 Å². The summed E-state index contributed by atoms with van der Waals surface area (Å²) in [5.74, 6) is 0.471. The minimum atomic E-state index is -0.376. The average Bonchev–Trinajstić information content (AvgIpc) is 3.03. The predicted molar refractivity (Wildman–Crippen MR) is 101 cm³/mol. The van der Waals surface area contributed by atoms with Crippen molar-refractivity contribution in [2.24, 2.45) is 4.99 Å². The molecule has 0 aliphatic carbocycles. The van der Waals surface area contributed by atoms with Crippen LogP contribution in [-0.4, -0.2) is 83.0 Å². The summed E-state index contributed by atoms with van der Waals surface area (Å²) < 4.78 is 6.01. The van der Waals surface area contributed by atoms with Gasteiger partial charge in [0, 0.05) is 40.2 Å². The summed E-state index contributed by atoms with van der Waals surface area (Å²) in [7, 11) is 3.05. The standard InChI is InChI=1S/C14H23N7O3.HI/c1-11(22)19-4-6-20(7-5-19)14(15-2)16-8-12-9-21(18-17-12)10-13(23)24-3;/h9H,4-8,10H2,1-3H3,(H,15,16);1H. The fraction of sp³-hybridized carbons (Fsp3) is 0.643. The number of carbonyl (C=O) groups excluding carboxylic acids is 2. The Morgan fingerprint density at radius 3 is 2.48 bits per heavy atom. The van der Waals surface area contributed by atoms with Crippen LogP contribution in [0.25, 0.3) is 0 Å². The molecule has 0 aromatic carbocycles. The van der Waals surface area contributed by atoms with E-state index < -0.39 is 0 Å². The summed E-state index contributed by atoms with van der Waals surface area (Å²) in [6.45, 7) is 4.89. The van der Waals surface area contributed by atoms with Gasteiger partial charge in [-0.15, -0.1) is 29.1 Å². The maximum absolute atomic E-state index is 11.4. The quantitative estimate of drug-likeness (QED) is 0.272. The lowest BCUT2D eigenvalue weighted by atomic mass is 10.3. The molecule has 0 radical (unpaired) electrons. The highest BCUT2D eigenvalue weighted by molar-refractivity contribution is 14.0. The van der Waals surface area contributed by atoms with E-state index >= 15 is 0 Å². The minimum Gasteiger partial charge on any atom is -0.468 e. The fourth-order valence-electron chi connectivity index (χ4n) is 2.43. The first kappa shape index (κ1) is 21.1. The van der Waals surface area contributed by atoms with E-state index in [0.29, 0.717) is 25.3 Å². The lowest BCUT2D eigenvalue weighted by molar-refractivity contribution is -0.141. The molecule has 1 aliphatic heterocycles. The third-order valence-electron chi connectivity index (χ3n) is 3.77. The smallest absolute Gasteiger partial charge is 0.327 e. The highest BCUT2D eigenvalue weighted by Gasteiger charge is 2.20. The number of aromatic nitrogens is 3. The summed E-state index contributed by atoms with van der Waals surface area (Å²) in [6.07, 6.45) is 1.69. The van der Waals surface area contributed by atoms with Gasteiger partial charge in [0.15, 0.2) is 5.96 Å².